The van der Waals surface area contributed by atoms with Gasteiger partial charge in [-0.25, -0.2) is 4.98 Å². The number of ether oxygens (including phenoxy) is 2. The second-order valence-corrected chi connectivity index (χ2v) is 13.7. The Morgan fingerprint density at radius 3 is 2.37 bits per heavy atom. The van der Waals surface area contributed by atoms with E-state index in [9.17, 15) is 9.90 Å². The Bertz CT molecular complexity index is 1940. The van der Waals surface area contributed by atoms with Crippen LogP contribution >= 0.6 is 0 Å². The molecule has 1 aliphatic heterocycles. The molecule has 4 unspecified atom stereocenters. The number of rotatable bonds is 12. The van der Waals surface area contributed by atoms with Crippen LogP contribution in [-0.4, -0.2) is 51.1 Å². The standard InChI is InChI=1S/C43H46N4O4/c1-3-24-47(35-11-5-6-12-35)27-40-29(2)41(32-18-16-30(28-48)17-19-32)51-43(50-40)33-22-20-31(21-23-33)36-13-7-4-10-34(36)25-45-42(49)39-26-44-37-14-8-9-15-38(37)46-39/h3-4,7-10,13-23,26,29,35,40-41,43,48H,1,5-6,11-12,24-25,27-28H2,2H3,(H,45,49). The molecule has 1 amide bonds. The maximum Gasteiger partial charge on any atom is 0.271 e. The number of fused-ring (bicyclic) bond motifs is 1. The Morgan fingerprint density at radius 1 is 0.922 bits per heavy atom. The molecule has 4 aromatic carbocycles. The summed E-state index contributed by atoms with van der Waals surface area (Å²) in [6.45, 7) is 8.28. The molecular weight excluding hydrogens is 636 g/mol. The summed E-state index contributed by atoms with van der Waals surface area (Å²) in [7, 11) is 0. The molecule has 8 nitrogen and oxygen atoms in total. The van der Waals surface area contributed by atoms with Crippen molar-refractivity contribution in [1.82, 2.24) is 20.2 Å². The molecule has 2 aliphatic rings. The lowest BCUT2D eigenvalue weighted by Crippen LogP contribution is -2.47. The molecule has 8 heteroatoms. The molecule has 1 aliphatic carbocycles. The normalized spacial score (nSPS) is 20.8. The van der Waals surface area contributed by atoms with Crippen molar-refractivity contribution in [3.8, 4) is 11.1 Å². The van der Waals surface area contributed by atoms with Gasteiger partial charge in [0.1, 0.15) is 5.69 Å². The van der Waals surface area contributed by atoms with Crippen molar-refractivity contribution in [2.24, 2.45) is 5.92 Å². The zero-order valence-electron chi connectivity index (χ0n) is 29.2. The molecule has 2 N–H and O–H groups in total. The maximum atomic E-state index is 13.1. The first-order valence-electron chi connectivity index (χ1n) is 18.0. The van der Waals surface area contributed by atoms with Crippen LogP contribution in [0.15, 0.2) is 116 Å². The highest BCUT2D eigenvalue weighted by molar-refractivity contribution is 5.93. The number of aromatic nitrogens is 2. The van der Waals surface area contributed by atoms with E-state index in [2.05, 4.69) is 76.2 Å². The first kappa shape index (κ1) is 34.7. The Labute approximate surface area is 300 Å². The van der Waals surface area contributed by atoms with Crippen LogP contribution in [0, 0.1) is 5.92 Å². The van der Waals surface area contributed by atoms with E-state index in [1.54, 1.807) is 0 Å². The quantitative estimate of drug-likeness (QED) is 0.129. The largest absolute Gasteiger partial charge is 0.392 e. The average molecular weight is 683 g/mol. The second-order valence-electron chi connectivity index (χ2n) is 13.7. The molecule has 2 fully saturated rings. The van der Waals surface area contributed by atoms with Gasteiger partial charge in [0.25, 0.3) is 5.91 Å². The number of carbonyl (C=O) groups is 1. The molecule has 0 spiro atoms. The number of hydrogen-bond acceptors (Lipinski definition) is 7. The predicted molar refractivity (Wildman–Crippen MR) is 200 cm³/mol. The van der Waals surface area contributed by atoms with Crippen molar-refractivity contribution in [2.75, 3.05) is 13.1 Å². The zero-order valence-corrected chi connectivity index (χ0v) is 29.2. The topological polar surface area (TPSA) is 96.8 Å². The molecule has 2 heterocycles. The first-order valence-corrected chi connectivity index (χ1v) is 18.0. The fourth-order valence-electron chi connectivity index (χ4n) is 7.48. The van der Waals surface area contributed by atoms with Gasteiger partial charge in [-0.15, -0.1) is 6.58 Å². The summed E-state index contributed by atoms with van der Waals surface area (Å²) in [4.78, 5) is 24.5. The lowest BCUT2D eigenvalue weighted by molar-refractivity contribution is -0.276. The van der Waals surface area contributed by atoms with E-state index in [0.717, 1.165) is 52.0 Å². The Hall–Kier alpha value is -4.73. The first-order chi connectivity index (χ1) is 25.0. The van der Waals surface area contributed by atoms with E-state index in [4.69, 9.17) is 9.47 Å². The summed E-state index contributed by atoms with van der Waals surface area (Å²) in [5, 5.41) is 12.7. The van der Waals surface area contributed by atoms with Crippen molar-refractivity contribution in [2.45, 2.75) is 70.3 Å². The summed E-state index contributed by atoms with van der Waals surface area (Å²) in [5.74, 6) is -0.161. The van der Waals surface area contributed by atoms with E-state index < -0.39 is 6.29 Å². The summed E-state index contributed by atoms with van der Waals surface area (Å²) in [5.41, 5.74) is 7.69. The molecule has 1 saturated carbocycles. The number of para-hydroxylation sites is 2. The van der Waals surface area contributed by atoms with Crippen LogP contribution in [0.4, 0.5) is 0 Å². The third-order valence-corrected chi connectivity index (χ3v) is 10.4. The number of hydrogen-bond donors (Lipinski definition) is 2. The van der Waals surface area contributed by atoms with Crippen LogP contribution in [0.2, 0.25) is 0 Å². The van der Waals surface area contributed by atoms with Gasteiger partial charge in [-0.3, -0.25) is 14.7 Å². The van der Waals surface area contributed by atoms with Gasteiger partial charge in [0.15, 0.2) is 6.29 Å². The Morgan fingerprint density at radius 2 is 1.63 bits per heavy atom. The van der Waals surface area contributed by atoms with Crippen LogP contribution in [0.25, 0.3) is 22.2 Å². The van der Waals surface area contributed by atoms with Crippen molar-refractivity contribution >= 4 is 16.9 Å². The number of carbonyl (C=O) groups excluding carboxylic acids is 1. The molecule has 5 aromatic rings. The summed E-state index contributed by atoms with van der Waals surface area (Å²) in [6, 6.07) is 32.6. The number of nitrogens with zero attached hydrogens (tertiary/aromatic N) is 3. The van der Waals surface area contributed by atoms with Gasteiger partial charge >= 0.3 is 0 Å². The Kier molecular flexibility index (Phi) is 10.9. The minimum absolute atomic E-state index is 0.00854. The van der Waals surface area contributed by atoms with Gasteiger partial charge in [0, 0.05) is 37.2 Å². The van der Waals surface area contributed by atoms with Crippen molar-refractivity contribution in [3.63, 3.8) is 0 Å². The van der Waals surface area contributed by atoms with Gasteiger partial charge < -0.3 is 19.9 Å². The van der Waals surface area contributed by atoms with Crippen LogP contribution in [0.1, 0.15) is 77.7 Å². The molecule has 0 radical (unpaired) electrons. The second kappa shape index (κ2) is 16.1. The monoisotopic (exact) mass is 682 g/mol. The third-order valence-electron chi connectivity index (χ3n) is 10.4. The fourth-order valence-corrected chi connectivity index (χ4v) is 7.48. The van der Waals surface area contributed by atoms with E-state index in [-0.39, 0.29) is 36.3 Å². The molecule has 1 saturated heterocycles. The lowest BCUT2D eigenvalue weighted by atomic mass is 9.89. The van der Waals surface area contributed by atoms with Crippen molar-refractivity contribution in [1.29, 1.82) is 0 Å². The van der Waals surface area contributed by atoms with Gasteiger partial charge in [-0.05, 0) is 52.8 Å². The highest BCUT2D eigenvalue weighted by Crippen LogP contribution is 2.42. The van der Waals surface area contributed by atoms with Gasteiger partial charge in [-0.1, -0.05) is 111 Å². The van der Waals surface area contributed by atoms with Crippen LogP contribution < -0.4 is 5.32 Å². The summed E-state index contributed by atoms with van der Waals surface area (Å²) >= 11 is 0. The minimum Gasteiger partial charge on any atom is -0.392 e. The average Bonchev–Trinajstić information content (AvgIpc) is 3.73. The van der Waals surface area contributed by atoms with Crippen LogP contribution in [0.3, 0.4) is 0 Å². The molecule has 4 atom stereocenters. The number of aliphatic hydroxyl groups is 1. The van der Waals surface area contributed by atoms with Gasteiger partial charge in [0.05, 0.1) is 36.0 Å². The van der Waals surface area contributed by atoms with Crippen LogP contribution in [-0.2, 0) is 22.6 Å². The van der Waals surface area contributed by atoms with E-state index in [1.807, 2.05) is 60.7 Å². The van der Waals surface area contributed by atoms with E-state index >= 15 is 0 Å². The van der Waals surface area contributed by atoms with Crippen molar-refractivity contribution < 1.29 is 19.4 Å². The number of benzene rings is 4. The predicted octanol–water partition coefficient (Wildman–Crippen LogP) is 7.94. The summed E-state index contributed by atoms with van der Waals surface area (Å²) < 4.78 is 13.6. The highest BCUT2D eigenvalue weighted by Gasteiger charge is 2.40. The molecule has 51 heavy (non-hydrogen) atoms. The van der Waals surface area contributed by atoms with Crippen molar-refractivity contribution in [3.05, 3.63) is 144 Å². The maximum absolute atomic E-state index is 13.1. The van der Waals surface area contributed by atoms with E-state index in [0.29, 0.717) is 18.1 Å². The zero-order chi connectivity index (χ0) is 35.2. The molecule has 0 bridgehead atoms. The summed E-state index contributed by atoms with van der Waals surface area (Å²) in [6.07, 6.45) is 7.71. The van der Waals surface area contributed by atoms with Crippen LogP contribution in [0.5, 0.6) is 0 Å². The smallest absolute Gasteiger partial charge is 0.271 e. The van der Waals surface area contributed by atoms with Gasteiger partial charge in [-0.2, -0.15) is 0 Å². The number of aliphatic hydroxyl groups excluding tert-OH is 1. The SMILES string of the molecule is C=CCN(CC1OC(c2ccc(-c3ccccc3CNC(=O)c3cnc4ccccc4n3)cc2)OC(c2ccc(CO)cc2)C1C)C1CCCC1. The lowest BCUT2D eigenvalue weighted by Gasteiger charge is -2.43. The highest BCUT2D eigenvalue weighted by atomic mass is 16.7. The number of amides is 1. The van der Waals surface area contributed by atoms with Gasteiger partial charge in [0.2, 0.25) is 0 Å². The molecule has 1 aromatic heterocycles. The fraction of sp³-hybridized carbons (Fsp3) is 0.326. The Balaban J connectivity index is 1.10. The third kappa shape index (κ3) is 7.95. The molecule has 7 rings (SSSR count). The molecule has 262 valence electrons. The van der Waals surface area contributed by atoms with E-state index in [1.165, 1.54) is 31.9 Å². The number of nitrogens with one attached hydrogen (secondary N) is 1. The minimum atomic E-state index is -0.547. The molecular formula is C43H46N4O4.